The third kappa shape index (κ3) is 4.91. The minimum Gasteiger partial charge on any atom is -0.467 e. The molecule has 5 rings (SSSR count). The maximum absolute atomic E-state index is 14.0. The van der Waals surface area contributed by atoms with Crippen molar-refractivity contribution in [1.29, 1.82) is 0 Å². The van der Waals surface area contributed by atoms with Crippen LogP contribution in [-0.4, -0.2) is 75.5 Å². The minimum absolute atomic E-state index is 0.0889. The van der Waals surface area contributed by atoms with Crippen molar-refractivity contribution < 1.29 is 23.5 Å². The molecule has 0 spiro atoms. The number of methoxy groups -OCH3 is 1. The zero-order valence-electron chi connectivity index (χ0n) is 20.6. The van der Waals surface area contributed by atoms with Gasteiger partial charge in [-0.05, 0) is 48.6 Å². The summed E-state index contributed by atoms with van der Waals surface area (Å²) in [7, 11) is 1.28. The number of nitrogens with one attached hydrogen (secondary N) is 3. The van der Waals surface area contributed by atoms with Crippen molar-refractivity contribution in [2.45, 2.75) is 44.8 Å². The number of amides is 4. The number of ether oxygens (including phenoxy) is 1. The highest BCUT2D eigenvalue weighted by Gasteiger charge is 2.34. The highest BCUT2D eigenvalue weighted by molar-refractivity contribution is 5.92. The van der Waals surface area contributed by atoms with E-state index in [4.69, 9.17) is 4.74 Å². The van der Waals surface area contributed by atoms with Gasteiger partial charge in [0.2, 0.25) is 0 Å². The van der Waals surface area contributed by atoms with Crippen LogP contribution in [0.25, 0.3) is 11.0 Å². The summed E-state index contributed by atoms with van der Waals surface area (Å²) in [6.07, 6.45) is 1.37. The van der Waals surface area contributed by atoms with Gasteiger partial charge in [-0.25, -0.2) is 18.8 Å². The molecule has 0 radical (unpaired) electrons. The fourth-order valence-electron chi connectivity index (χ4n) is 5.07. The van der Waals surface area contributed by atoms with Crippen LogP contribution in [-0.2, 0) is 22.5 Å². The molecule has 194 valence electrons. The Morgan fingerprint density at radius 2 is 2.05 bits per heavy atom. The van der Waals surface area contributed by atoms with Gasteiger partial charge < -0.3 is 25.2 Å². The van der Waals surface area contributed by atoms with Crippen LogP contribution in [0, 0.1) is 12.7 Å². The molecule has 1 atom stereocenters. The number of carbonyl (C=O) groups is 3. The number of aromatic nitrogens is 3. The molecule has 1 fully saturated rings. The Labute approximate surface area is 212 Å². The summed E-state index contributed by atoms with van der Waals surface area (Å²) in [6.45, 7) is 3.05. The third-order valence-electron chi connectivity index (χ3n) is 7.04. The van der Waals surface area contributed by atoms with E-state index in [1.54, 1.807) is 21.9 Å². The summed E-state index contributed by atoms with van der Waals surface area (Å²) in [5, 5.41) is 16.2. The number of esters is 1. The Hall–Kier alpha value is -4.22. The first-order valence-corrected chi connectivity index (χ1v) is 12.1. The zero-order chi connectivity index (χ0) is 26.1. The fraction of sp³-hybridized carbons (Fsp3) is 0.400. The molecule has 4 amide bonds. The van der Waals surface area contributed by atoms with Crippen LogP contribution >= 0.6 is 0 Å². The number of H-pyrrole nitrogens is 1. The number of urea groups is 2. The number of aryl methyl sites for hydroxylation is 1. The summed E-state index contributed by atoms with van der Waals surface area (Å²) in [6, 6.07) is 6.81. The summed E-state index contributed by atoms with van der Waals surface area (Å²) >= 11 is 0. The maximum Gasteiger partial charge on any atom is 0.328 e. The number of likely N-dealkylation sites (tertiary alicyclic amines) is 1. The van der Waals surface area contributed by atoms with Gasteiger partial charge >= 0.3 is 18.0 Å². The Balaban J connectivity index is 1.21. The van der Waals surface area contributed by atoms with Crippen LogP contribution in [0.15, 0.2) is 30.3 Å². The van der Waals surface area contributed by atoms with Crippen LogP contribution in [0.5, 0.6) is 0 Å². The smallest absolute Gasteiger partial charge is 0.328 e. The first-order chi connectivity index (χ1) is 17.8. The van der Waals surface area contributed by atoms with Gasteiger partial charge in [-0.2, -0.15) is 0 Å². The molecule has 0 unspecified atom stereocenters. The molecule has 0 bridgehead atoms. The van der Waals surface area contributed by atoms with Crippen LogP contribution in [0.3, 0.4) is 0 Å². The molecule has 3 N–H and O–H groups in total. The standard InChI is InChI=1S/C25H28FN7O4/c1-14-10-15(11-19-21(14)30-31-29-19)12-20(23(34)37-2)27-24(35)32-8-6-17(7-9-32)33-13-16-4-3-5-18(26)22(16)28-25(33)36/h3-5,10-11,17,20H,6-9,12-13H2,1-2H3,(H,27,35)(H,28,36)(H,29,30,31)/t20-/m1/s1. The summed E-state index contributed by atoms with van der Waals surface area (Å²) in [5.74, 6) is -0.995. The van der Waals surface area contributed by atoms with Crippen LogP contribution in [0.2, 0.25) is 0 Å². The molecule has 3 heterocycles. The molecule has 3 aromatic rings. The van der Waals surface area contributed by atoms with Crippen LogP contribution in [0.4, 0.5) is 19.7 Å². The van der Waals surface area contributed by atoms with Gasteiger partial charge in [0, 0.05) is 32.1 Å². The van der Waals surface area contributed by atoms with E-state index in [0.29, 0.717) is 38.0 Å². The Morgan fingerprint density at radius 3 is 2.81 bits per heavy atom. The molecule has 0 aliphatic carbocycles. The predicted molar refractivity (Wildman–Crippen MR) is 132 cm³/mol. The molecular weight excluding hydrogens is 481 g/mol. The molecule has 2 aliphatic heterocycles. The number of halogens is 1. The number of anilines is 1. The van der Waals surface area contributed by atoms with Crippen molar-refractivity contribution >= 4 is 34.8 Å². The average Bonchev–Trinajstić information content (AvgIpc) is 3.37. The second kappa shape index (κ2) is 10.0. The van der Waals surface area contributed by atoms with Crippen molar-refractivity contribution in [3.8, 4) is 0 Å². The van der Waals surface area contributed by atoms with Crippen molar-refractivity contribution in [2.24, 2.45) is 0 Å². The molecular formula is C25H28FN7O4. The molecule has 2 aliphatic rings. The lowest BCUT2D eigenvalue weighted by Crippen LogP contribution is -2.55. The van der Waals surface area contributed by atoms with E-state index in [-0.39, 0.29) is 30.2 Å². The molecule has 2 aromatic carbocycles. The Bertz CT molecular complexity index is 1350. The lowest BCUT2D eigenvalue weighted by molar-refractivity contribution is -0.142. The first-order valence-electron chi connectivity index (χ1n) is 12.1. The number of hydrogen-bond donors (Lipinski definition) is 3. The lowest BCUT2D eigenvalue weighted by atomic mass is 10.0. The van der Waals surface area contributed by atoms with E-state index in [1.807, 2.05) is 19.1 Å². The van der Waals surface area contributed by atoms with Crippen molar-refractivity contribution in [1.82, 2.24) is 30.5 Å². The summed E-state index contributed by atoms with van der Waals surface area (Å²) in [5.41, 5.74) is 4.20. The first kappa shape index (κ1) is 24.5. The van der Waals surface area contributed by atoms with E-state index in [2.05, 4.69) is 26.0 Å². The highest BCUT2D eigenvalue weighted by atomic mass is 19.1. The number of fused-ring (bicyclic) bond motifs is 2. The lowest BCUT2D eigenvalue weighted by Gasteiger charge is -2.40. The van der Waals surface area contributed by atoms with Gasteiger partial charge in [-0.15, -0.1) is 5.10 Å². The number of nitrogens with zero attached hydrogens (tertiary/aromatic N) is 4. The van der Waals surface area contributed by atoms with Crippen LogP contribution in [0.1, 0.15) is 29.5 Å². The van der Waals surface area contributed by atoms with Crippen LogP contribution < -0.4 is 10.6 Å². The second-order valence-corrected chi connectivity index (χ2v) is 9.40. The SMILES string of the molecule is COC(=O)[C@@H](Cc1cc(C)c2[nH]nnc2c1)NC(=O)N1CCC(N2Cc3cccc(F)c3NC2=O)CC1. The second-order valence-electron chi connectivity index (χ2n) is 9.40. The average molecular weight is 510 g/mol. The molecule has 12 heteroatoms. The Morgan fingerprint density at radius 1 is 1.27 bits per heavy atom. The number of aromatic amines is 1. The fourth-order valence-corrected chi connectivity index (χ4v) is 5.07. The monoisotopic (exact) mass is 509 g/mol. The zero-order valence-corrected chi connectivity index (χ0v) is 20.6. The molecule has 37 heavy (non-hydrogen) atoms. The normalized spacial score (nSPS) is 16.8. The van der Waals surface area contributed by atoms with Gasteiger partial charge in [0.15, 0.2) is 0 Å². The van der Waals surface area contributed by atoms with Crippen molar-refractivity contribution in [2.75, 3.05) is 25.5 Å². The topological polar surface area (TPSA) is 133 Å². The highest BCUT2D eigenvalue weighted by Crippen LogP contribution is 2.29. The number of piperidine rings is 1. The summed E-state index contributed by atoms with van der Waals surface area (Å²) < 4.78 is 19.0. The van der Waals surface area contributed by atoms with Crippen molar-refractivity contribution in [3.63, 3.8) is 0 Å². The largest absolute Gasteiger partial charge is 0.467 e. The minimum atomic E-state index is -0.877. The molecule has 1 saturated heterocycles. The van der Waals surface area contributed by atoms with Gasteiger partial charge in [-0.3, -0.25) is 5.10 Å². The van der Waals surface area contributed by atoms with Crippen molar-refractivity contribution in [3.05, 3.63) is 52.8 Å². The van der Waals surface area contributed by atoms with E-state index < -0.39 is 17.8 Å². The molecule has 1 aromatic heterocycles. The summed E-state index contributed by atoms with van der Waals surface area (Å²) in [4.78, 5) is 41.5. The van der Waals surface area contributed by atoms with E-state index in [9.17, 15) is 18.8 Å². The van der Waals surface area contributed by atoms with E-state index >= 15 is 0 Å². The quantitative estimate of drug-likeness (QED) is 0.453. The molecule has 0 saturated carbocycles. The Kier molecular flexibility index (Phi) is 6.64. The van der Waals surface area contributed by atoms with Gasteiger partial charge in [0.25, 0.3) is 0 Å². The number of carbonyl (C=O) groups excluding carboxylic acids is 3. The van der Waals surface area contributed by atoms with Gasteiger partial charge in [0.05, 0.1) is 18.3 Å². The number of para-hydroxylation sites is 1. The van der Waals surface area contributed by atoms with Gasteiger partial charge in [-0.1, -0.05) is 23.4 Å². The number of hydrogen-bond acceptors (Lipinski definition) is 6. The predicted octanol–water partition coefficient (Wildman–Crippen LogP) is 2.71. The van der Waals surface area contributed by atoms with E-state index in [0.717, 1.165) is 22.2 Å². The molecule has 11 nitrogen and oxygen atoms in total. The van der Waals surface area contributed by atoms with Gasteiger partial charge in [0.1, 0.15) is 17.4 Å². The maximum atomic E-state index is 14.0. The van der Waals surface area contributed by atoms with E-state index in [1.165, 1.54) is 13.2 Å². The number of rotatable bonds is 5. The third-order valence-corrected chi connectivity index (χ3v) is 7.04. The number of benzene rings is 2.